The van der Waals surface area contributed by atoms with E-state index in [9.17, 15) is 0 Å². The molecule has 0 aromatic heterocycles. The van der Waals surface area contributed by atoms with Crippen LogP contribution in [0, 0.1) is 5.41 Å². The van der Waals surface area contributed by atoms with Crippen LogP contribution in [0.15, 0.2) is 0 Å². The van der Waals surface area contributed by atoms with Gasteiger partial charge in [-0.15, -0.1) is 0 Å². The van der Waals surface area contributed by atoms with E-state index in [0.717, 1.165) is 32.5 Å². The number of nitrogens with two attached hydrogens (primary N) is 1. The van der Waals surface area contributed by atoms with Gasteiger partial charge >= 0.3 is 0 Å². The second kappa shape index (κ2) is 4.46. The van der Waals surface area contributed by atoms with Gasteiger partial charge in [-0.25, -0.2) is 0 Å². The first-order valence-electron chi connectivity index (χ1n) is 4.94. The Labute approximate surface area is 80.2 Å². The first kappa shape index (κ1) is 10.3. The van der Waals surface area contributed by atoms with E-state index < -0.39 is 0 Å². The van der Waals surface area contributed by atoms with Gasteiger partial charge in [-0.3, -0.25) is 5.41 Å². The van der Waals surface area contributed by atoms with Gasteiger partial charge in [-0.1, -0.05) is 6.92 Å². The summed E-state index contributed by atoms with van der Waals surface area (Å²) in [5, 5.41) is 7.30. The van der Waals surface area contributed by atoms with Crippen molar-refractivity contribution in [3.63, 3.8) is 0 Å². The molecule has 13 heavy (non-hydrogen) atoms. The molecule has 1 rings (SSSR count). The number of nitrogens with one attached hydrogen (secondary N) is 1. The molecular formula is C9H20N4. The largest absolute Gasteiger partial charge is 0.370 e. The van der Waals surface area contributed by atoms with Gasteiger partial charge in [-0.05, 0) is 26.4 Å². The number of piperidine rings is 1. The van der Waals surface area contributed by atoms with Crippen molar-refractivity contribution in [3.8, 4) is 0 Å². The maximum Gasteiger partial charge on any atom is 0.188 e. The molecule has 0 spiro atoms. The van der Waals surface area contributed by atoms with Gasteiger partial charge in [-0.2, -0.15) is 0 Å². The lowest BCUT2D eigenvalue weighted by Gasteiger charge is -2.36. The highest BCUT2D eigenvalue weighted by Crippen LogP contribution is 2.14. The summed E-state index contributed by atoms with van der Waals surface area (Å²) >= 11 is 0. The number of guanidine groups is 1. The molecule has 1 heterocycles. The Morgan fingerprint density at radius 1 is 1.54 bits per heavy atom. The standard InChI is InChI=1S/C9H20N4/c1-3-12(2)8-4-6-13(7-5-8)9(10)11/h8H,3-7H2,1-2H3,(H3,10,11). The van der Waals surface area contributed by atoms with Crippen LogP contribution in [0.4, 0.5) is 0 Å². The lowest BCUT2D eigenvalue weighted by Crippen LogP contribution is -2.47. The lowest BCUT2D eigenvalue weighted by atomic mass is 10.0. The molecule has 0 aromatic carbocycles. The third-order valence-electron chi connectivity index (χ3n) is 2.93. The number of likely N-dealkylation sites (tertiary alicyclic amines) is 1. The minimum absolute atomic E-state index is 0.220. The quantitative estimate of drug-likeness (QED) is 0.479. The number of hydrogen-bond donors (Lipinski definition) is 2. The molecule has 0 amide bonds. The summed E-state index contributed by atoms with van der Waals surface area (Å²) in [5.74, 6) is 0.220. The third-order valence-corrected chi connectivity index (χ3v) is 2.93. The van der Waals surface area contributed by atoms with Gasteiger partial charge in [0.25, 0.3) is 0 Å². The van der Waals surface area contributed by atoms with E-state index in [0.29, 0.717) is 6.04 Å². The maximum atomic E-state index is 7.30. The zero-order valence-corrected chi connectivity index (χ0v) is 8.58. The summed E-state index contributed by atoms with van der Waals surface area (Å²) in [6, 6.07) is 0.681. The molecule has 4 nitrogen and oxygen atoms in total. The SMILES string of the molecule is CCN(C)C1CCN(C(=N)N)CC1. The van der Waals surface area contributed by atoms with Crippen LogP contribution in [0.5, 0.6) is 0 Å². The number of hydrogen-bond acceptors (Lipinski definition) is 2. The third kappa shape index (κ3) is 2.59. The maximum absolute atomic E-state index is 7.30. The van der Waals surface area contributed by atoms with Crippen molar-refractivity contribution in [3.05, 3.63) is 0 Å². The van der Waals surface area contributed by atoms with Gasteiger partial charge < -0.3 is 15.5 Å². The van der Waals surface area contributed by atoms with E-state index >= 15 is 0 Å². The molecule has 0 aliphatic carbocycles. The molecule has 3 N–H and O–H groups in total. The molecule has 4 heteroatoms. The second-order valence-corrected chi connectivity index (χ2v) is 3.68. The Balaban J connectivity index is 2.34. The van der Waals surface area contributed by atoms with Crippen molar-refractivity contribution in [2.45, 2.75) is 25.8 Å². The van der Waals surface area contributed by atoms with Crippen molar-refractivity contribution in [2.24, 2.45) is 5.73 Å². The normalized spacial score (nSPS) is 19.5. The first-order chi connectivity index (χ1) is 6.15. The smallest absolute Gasteiger partial charge is 0.188 e. The van der Waals surface area contributed by atoms with Gasteiger partial charge in [0.05, 0.1) is 0 Å². The Morgan fingerprint density at radius 2 is 2.08 bits per heavy atom. The monoisotopic (exact) mass is 184 g/mol. The molecule has 1 saturated heterocycles. The van der Waals surface area contributed by atoms with Gasteiger partial charge in [0, 0.05) is 19.1 Å². The Hall–Kier alpha value is -0.770. The predicted molar refractivity (Wildman–Crippen MR) is 54.8 cm³/mol. The predicted octanol–water partition coefficient (Wildman–Crippen LogP) is 0.296. The molecule has 0 bridgehead atoms. The molecule has 1 fully saturated rings. The zero-order chi connectivity index (χ0) is 9.84. The van der Waals surface area contributed by atoms with Gasteiger partial charge in [0.15, 0.2) is 5.96 Å². The fraction of sp³-hybridized carbons (Fsp3) is 0.889. The van der Waals surface area contributed by atoms with Crippen LogP contribution in [0.25, 0.3) is 0 Å². The summed E-state index contributed by atoms with van der Waals surface area (Å²) in [7, 11) is 2.16. The van der Waals surface area contributed by atoms with Crippen LogP contribution in [0.1, 0.15) is 19.8 Å². The molecule has 1 aliphatic rings. The van der Waals surface area contributed by atoms with Crippen molar-refractivity contribution >= 4 is 5.96 Å². The first-order valence-corrected chi connectivity index (χ1v) is 4.94. The van der Waals surface area contributed by atoms with Gasteiger partial charge in [0.1, 0.15) is 0 Å². The van der Waals surface area contributed by atoms with E-state index in [1.165, 1.54) is 0 Å². The van der Waals surface area contributed by atoms with E-state index in [4.69, 9.17) is 11.1 Å². The molecule has 0 atom stereocenters. The second-order valence-electron chi connectivity index (χ2n) is 3.68. The average Bonchev–Trinajstić information content (AvgIpc) is 2.17. The molecular weight excluding hydrogens is 164 g/mol. The summed E-state index contributed by atoms with van der Waals surface area (Å²) in [4.78, 5) is 4.32. The van der Waals surface area contributed by atoms with Crippen molar-refractivity contribution in [2.75, 3.05) is 26.7 Å². The van der Waals surface area contributed by atoms with Crippen molar-refractivity contribution in [1.82, 2.24) is 9.80 Å². The Kier molecular flexibility index (Phi) is 3.54. The fourth-order valence-electron chi connectivity index (χ4n) is 1.81. The highest BCUT2D eigenvalue weighted by Gasteiger charge is 2.21. The molecule has 0 radical (unpaired) electrons. The number of rotatable bonds is 2. The van der Waals surface area contributed by atoms with Crippen LogP contribution in [0.3, 0.4) is 0 Å². The average molecular weight is 184 g/mol. The minimum atomic E-state index is 0.220. The topological polar surface area (TPSA) is 56.4 Å². The number of nitrogens with zero attached hydrogens (tertiary/aromatic N) is 2. The summed E-state index contributed by atoms with van der Waals surface area (Å²) in [6.45, 7) is 5.15. The van der Waals surface area contributed by atoms with Crippen LogP contribution >= 0.6 is 0 Å². The van der Waals surface area contributed by atoms with Crippen LogP contribution in [-0.4, -0.2) is 48.5 Å². The highest BCUT2D eigenvalue weighted by atomic mass is 15.2. The van der Waals surface area contributed by atoms with Gasteiger partial charge in [0.2, 0.25) is 0 Å². The van der Waals surface area contributed by atoms with E-state index in [2.05, 4.69) is 18.9 Å². The van der Waals surface area contributed by atoms with E-state index in [-0.39, 0.29) is 5.96 Å². The molecule has 76 valence electrons. The van der Waals surface area contributed by atoms with E-state index in [1.54, 1.807) is 0 Å². The molecule has 0 saturated carbocycles. The Bertz CT molecular complexity index is 172. The fourth-order valence-corrected chi connectivity index (χ4v) is 1.81. The summed E-state index contributed by atoms with van der Waals surface area (Å²) in [6.07, 6.45) is 2.26. The lowest BCUT2D eigenvalue weighted by molar-refractivity contribution is 0.169. The van der Waals surface area contributed by atoms with Crippen molar-refractivity contribution in [1.29, 1.82) is 5.41 Å². The zero-order valence-electron chi connectivity index (χ0n) is 8.58. The minimum Gasteiger partial charge on any atom is -0.370 e. The molecule has 0 aromatic rings. The van der Waals surface area contributed by atoms with E-state index in [1.807, 2.05) is 4.90 Å². The molecule has 1 aliphatic heterocycles. The van der Waals surface area contributed by atoms with Crippen LogP contribution < -0.4 is 5.73 Å². The Morgan fingerprint density at radius 3 is 2.46 bits per heavy atom. The summed E-state index contributed by atoms with van der Waals surface area (Å²) < 4.78 is 0. The van der Waals surface area contributed by atoms with Crippen LogP contribution in [0.2, 0.25) is 0 Å². The summed E-state index contributed by atoms with van der Waals surface area (Å²) in [5.41, 5.74) is 5.42. The van der Waals surface area contributed by atoms with Crippen molar-refractivity contribution < 1.29 is 0 Å². The molecule has 0 unspecified atom stereocenters. The van der Waals surface area contributed by atoms with Crippen LogP contribution in [-0.2, 0) is 0 Å². The highest BCUT2D eigenvalue weighted by molar-refractivity contribution is 5.74.